The number of nitrogens with zero attached hydrogens (tertiary/aromatic N) is 1. The molecule has 1 aromatic heterocycles. The summed E-state index contributed by atoms with van der Waals surface area (Å²) in [5, 5.41) is 3.59. The van der Waals surface area contributed by atoms with Crippen LogP contribution in [0.3, 0.4) is 0 Å². The Kier molecular flexibility index (Phi) is 9.56. The van der Waals surface area contributed by atoms with E-state index in [2.05, 4.69) is 5.32 Å². The van der Waals surface area contributed by atoms with Crippen LogP contribution in [0.4, 0.5) is 5.00 Å². The summed E-state index contributed by atoms with van der Waals surface area (Å²) in [4.78, 5) is 41.6. The average Bonchev–Trinajstić information content (AvgIpc) is 3.36. The number of carbonyl (C=O) groups is 3. The molecule has 196 valence electrons. The van der Waals surface area contributed by atoms with Gasteiger partial charge in [-0.2, -0.15) is 0 Å². The zero-order chi connectivity index (χ0) is 26.4. The molecule has 2 aliphatic rings. The largest absolute Gasteiger partial charge is 0.462 e. The number of ether oxygens (including phenoxy) is 1. The molecule has 6 nitrogen and oxygen atoms in total. The van der Waals surface area contributed by atoms with Gasteiger partial charge in [0.2, 0.25) is 5.91 Å². The van der Waals surface area contributed by atoms with Gasteiger partial charge in [-0.05, 0) is 69.6 Å². The van der Waals surface area contributed by atoms with Crippen molar-refractivity contribution in [3.8, 4) is 0 Å². The number of amides is 2. The molecule has 37 heavy (non-hydrogen) atoms. The maximum atomic E-state index is 12.8. The molecule has 0 spiro atoms. The van der Waals surface area contributed by atoms with Gasteiger partial charge in [0.1, 0.15) is 9.32 Å². The first kappa shape index (κ1) is 27.5. The number of hydrogen-bond donors (Lipinski definition) is 1. The van der Waals surface area contributed by atoms with Crippen molar-refractivity contribution in [3.05, 3.63) is 56.3 Å². The number of hydrogen-bond acceptors (Lipinski definition) is 7. The second kappa shape index (κ2) is 12.8. The number of aryl methyl sites for hydroxylation is 2. The molecule has 1 saturated heterocycles. The van der Waals surface area contributed by atoms with E-state index in [1.54, 1.807) is 11.8 Å². The van der Waals surface area contributed by atoms with Crippen LogP contribution in [0.2, 0.25) is 0 Å². The van der Waals surface area contributed by atoms with Crippen molar-refractivity contribution in [3.63, 3.8) is 0 Å². The van der Waals surface area contributed by atoms with Crippen LogP contribution in [-0.2, 0) is 27.2 Å². The number of thiocarbonyl (C=S) groups is 1. The number of benzene rings is 1. The van der Waals surface area contributed by atoms with Crippen molar-refractivity contribution >= 4 is 68.5 Å². The first-order valence-electron chi connectivity index (χ1n) is 12.8. The topological polar surface area (TPSA) is 75.7 Å². The molecule has 2 heterocycles. The molecule has 1 N–H and O–H groups in total. The van der Waals surface area contributed by atoms with Gasteiger partial charge in [-0.3, -0.25) is 14.5 Å². The summed E-state index contributed by atoms with van der Waals surface area (Å²) < 4.78 is 5.85. The molecule has 0 radical (unpaired) electrons. The lowest BCUT2D eigenvalue weighted by Crippen LogP contribution is -2.29. The molecule has 1 fully saturated rings. The van der Waals surface area contributed by atoms with Crippen molar-refractivity contribution in [1.82, 2.24) is 4.90 Å². The molecule has 0 saturated carbocycles. The second-order valence-electron chi connectivity index (χ2n) is 9.24. The fourth-order valence-corrected chi connectivity index (χ4v) is 7.10. The first-order chi connectivity index (χ1) is 17.9. The number of esters is 1. The van der Waals surface area contributed by atoms with Gasteiger partial charge < -0.3 is 10.1 Å². The minimum absolute atomic E-state index is 0.0542. The van der Waals surface area contributed by atoms with E-state index < -0.39 is 0 Å². The van der Waals surface area contributed by atoms with Crippen molar-refractivity contribution in [2.24, 2.45) is 0 Å². The predicted octanol–water partition coefficient (Wildman–Crippen LogP) is 6.51. The second-order valence-corrected chi connectivity index (χ2v) is 12.0. The number of anilines is 1. The Balaban J connectivity index is 1.25. The van der Waals surface area contributed by atoms with E-state index in [0.717, 1.165) is 49.7 Å². The van der Waals surface area contributed by atoms with E-state index in [1.807, 2.05) is 37.3 Å². The number of thioether (sulfide) groups is 1. The third-order valence-corrected chi connectivity index (χ3v) is 9.02. The molecular formula is C28H32N2O4S3. The van der Waals surface area contributed by atoms with E-state index >= 15 is 0 Å². The van der Waals surface area contributed by atoms with Crippen LogP contribution in [0.25, 0.3) is 6.08 Å². The predicted molar refractivity (Wildman–Crippen MR) is 155 cm³/mol. The minimum Gasteiger partial charge on any atom is -0.462 e. The number of unbranched alkanes of at least 4 members (excludes halogenated alkanes) is 2. The van der Waals surface area contributed by atoms with Gasteiger partial charge in [0.25, 0.3) is 5.91 Å². The smallest absolute Gasteiger partial charge is 0.341 e. The lowest BCUT2D eigenvalue weighted by molar-refractivity contribution is -0.122. The zero-order valence-electron chi connectivity index (χ0n) is 21.3. The summed E-state index contributed by atoms with van der Waals surface area (Å²) in [5.74, 6) is -0.505. The summed E-state index contributed by atoms with van der Waals surface area (Å²) in [5.41, 5.74) is 3.75. The van der Waals surface area contributed by atoms with Crippen molar-refractivity contribution in [2.45, 2.75) is 65.2 Å². The number of carbonyl (C=O) groups excluding carboxylic acids is 3. The zero-order valence-corrected chi connectivity index (χ0v) is 23.7. The summed E-state index contributed by atoms with van der Waals surface area (Å²) in [6.45, 7) is 4.67. The van der Waals surface area contributed by atoms with E-state index in [4.69, 9.17) is 17.0 Å². The Labute approximate surface area is 231 Å². The number of thiophene rings is 1. The van der Waals surface area contributed by atoms with Gasteiger partial charge in [0, 0.05) is 17.8 Å². The standard InChI is InChI=1S/C28H32N2O4S3/c1-3-34-27(33)24-20-9-6-7-10-21(20)36-25(24)29-23(31)11-5-4-8-16-30-26(32)22(37-28(30)35)17-19-14-12-18(2)13-15-19/h12-15,17H,3-11,16H2,1-2H3,(H,29,31)/b22-17-. The molecule has 2 aromatic rings. The van der Waals surface area contributed by atoms with E-state index in [1.165, 1.54) is 33.5 Å². The van der Waals surface area contributed by atoms with Crippen LogP contribution < -0.4 is 5.32 Å². The van der Waals surface area contributed by atoms with Gasteiger partial charge >= 0.3 is 5.97 Å². The van der Waals surface area contributed by atoms with Gasteiger partial charge in [-0.1, -0.05) is 60.2 Å². The quantitative estimate of drug-likeness (QED) is 0.156. The van der Waals surface area contributed by atoms with E-state index in [9.17, 15) is 14.4 Å². The van der Waals surface area contributed by atoms with Gasteiger partial charge in [0.15, 0.2) is 0 Å². The minimum atomic E-state index is -0.350. The molecule has 1 aromatic carbocycles. The number of nitrogens with one attached hydrogen (secondary N) is 1. The van der Waals surface area contributed by atoms with Crippen molar-refractivity contribution in [1.29, 1.82) is 0 Å². The summed E-state index contributed by atoms with van der Waals surface area (Å²) in [7, 11) is 0. The fraction of sp³-hybridized carbons (Fsp3) is 0.429. The Bertz CT molecular complexity index is 1220. The normalized spacial score (nSPS) is 16.3. The highest BCUT2D eigenvalue weighted by Crippen LogP contribution is 2.39. The van der Waals surface area contributed by atoms with Gasteiger partial charge in [0.05, 0.1) is 17.1 Å². The Morgan fingerprint density at radius 1 is 1.14 bits per heavy atom. The number of fused-ring (bicyclic) bond motifs is 1. The highest BCUT2D eigenvalue weighted by molar-refractivity contribution is 8.26. The molecule has 1 aliphatic heterocycles. The Hall–Kier alpha value is -2.49. The molecule has 0 unspecified atom stereocenters. The molecule has 0 atom stereocenters. The van der Waals surface area contributed by atoms with Crippen molar-refractivity contribution < 1.29 is 19.1 Å². The highest BCUT2D eigenvalue weighted by Gasteiger charge is 2.31. The maximum Gasteiger partial charge on any atom is 0.341 e. The highest BCUT2D eigenvalue weighted by atomic mass is 32.2. The van der Waals surface area contributed by atoms with Crippen LogP contribution in [0.15, 0.2) is 29.2 Å². The van der Waals surface area contributed by atoms with Crippen LogP contribution in [-0.4, -0.2) is 40.2 Å². The van der Waals surface area contributed by atoms with E-state index in [-0.39, 0.29) is 17.8 Å². The van der Waals surface area contributed by atoms with Crippen LogP contribution >= 0.6 is 35.3 Å². The lowest BCUT2D eigenvalue weighted by Gasteiger charge is -2.14. The van der Waals surface area contributed by atoms with Crippen molar-refractivity contribution in [2.75, 3.05) is 18.5 Å². The first-order valence-corrected chi connectivity index (χ1v) is 14.8. The molecule has 1 aliphatic carbocycles. The van der Waals surface area contributed by atoms with Gasteiger partial charge in [-0.15, -0.1) is 11.3 Å². The monoisotopic (exact) mass is 556 g/mol. The fourth-order valence-electron chi connectivity index (χ4n) is 4.50. The molecule has 4 rings (SSSR count). The Morgan fingerprint density at radius 3 is 2.65 bits per heavy atom. The SMILES string of the molecule is CCOC(=O)c1c(NC(=O)CCCCCN2C(=O)/C(=C/c3ccc(C)cc3)SC2=S)sc2c1CCCC2. The molecule has 2 amide bonds. The number of rotatable bonds is 10. The maximum absolute atomic E-state index is 12.8. The summed E-state index contributed by atoms with van der Waals surface area (Å²) in [6.07, 6.45) is 8.45. The van der Waals surface area contributed by atoms with E-state index in [0.29, 0.717) is 45.8 Å². The van der Waals surface area contributed by atoms with Crippen LogP contribution in [0, 0.1) is 6.92 Å². The molecular weight excluding hydrogens is 525 g/mol. The summed E-state index contributed by atoms with van der Waals surface area (Å²) >= 11 is 8.28. The lowest BCUT2D eigenvalue weighted by atomic mass is 9.95. The molecule has 9 heteroatoms. The van der Waals surface area contributed by atoms with Crippen LogP contribution in [0.1, 0.15) is 77.4 Å². The third kappa shape index (κ3) is 6.89. The van der Waals surface area contributed by atoms with Gasteiger partial charge in [-0.25, -0.2) is 4.79 Å². The van der Waals surface area contributed by atoms with Crippen LogP contribution in [0.5, 0.6) is 0 Å². The average molecular weight is 557 g/mol. The molecule has 0 bridgehead atoms. The Morgan fingerprint density at radius 2 is 1.89 bits per heavy atom. The summed E-state index contributed by atoms with van der Waals surface area (Å²) in [6, 6.07) is 8.03. The third-order valence-electron chi connectivity index (χ3n) is 6.44.